The molecule has 2 bridgehead atoms. The molecule has 35 heavy (non-hydrogen) atoms. The standard InChI is InChI=1S/C26H29N3O5S/c1-16(23-15-17-6-7-18(23)14-17)28-35(33,34)20-10-8-19(9-11-20)27-24(30)12-13-29-25(31)21-4-2-3-5-22(21)26(29)32/h2-5,8-11,16-18,23,28H,6-7,12-15H2,1H3,(H,27,30)/t16-,17+,18+,23-/m0/s1. The number of imide groups is 1. The molecule has 2 aliphatic carbocycles. The molecule has 184 valence electrons. The molecule has 9 heteroatoms. The molecule has 3 aliphatic rings. The quantitative estimate of drug-likeness (QED) is 0.545. The van der Waals surface area contributed by atoms with Gasteiger partial charge in [0.2, 0.25) is 15.9 Å². The fourth-order valence-corrected chi connectivity index (χ4v) is 7.20. The number of amides is 3. The number of benzene rings is 2. The number of hydrogen-bond acceptors (Lipinski definition) is 5. The Kier molecular flexibility index (Phi) is 6.23. The van der Waals surface area contributed by atoms with E-state index < -0.39 is 21.8 Å². The lowest BCUT2D eigenvalue weighted by molar-refractivity contribution is -0.116. The summed E-state index contributed by atoms with van der Waals surface area (Å²) in [6.45, 7) is 1.92. The maximum absolute atomic E-state index is 12.9. The minimum atomic E-state index is -3.66. The van der Waals surface area contributed by atoms with Gasteiger partial charge in [0, 0.05) is 24.7 Å². The van der Waals surface area contributed by atoms with Gasteiger partial charge in [0.25, 0.3) is 11.8 Å². The van der Waals surface area contributed by atoms with E-state index in [4.69, 9.17) is 0 Å². The molecule has 1 aliphatic heterocycles. The Hall–Kier alpha value is -3.04. The van der Waals surface area contributed by atoms with Crippen LogP contribution in [-0.2, 0) is 14.8 Å². The Morgan fingerprint density at radius 3 is 2.23 bits per heavy atom. The molecule has 2 aromatic rings. The number of fused-ring (bicyclic) bond motifs is 3. The number of nitrogens with one attached hydrogen (secondary N) is 2. The third-order valence-corrected chi connectivity index (χ3v) is 9.24. The largest absolute Gasteiger partial charge is 0.326 e. The predicted octanol–water partition coefficient (Wildman–Crippen LogP) is 3.41. The van der Waals surface area contributed by atoms with Gasteiger partial charge in [-0.05, 0) is 80.3 Å². The third-order valence-electron chi connectivity index (χ3n) is 7.67. The van der Waals surface area contributed by atoms with Crippen LogP contribution < -0.4 is 10.0 Å². The Morgan fingerprint density at radius 2 is 1.66 bits per heavy atom. The Balaban J connectivity index is 1.14. The normalized spacial score (nSPS) is 24.0. The van der Waals surface area contributed by atoms with E-state index >= 15 is 0 Å². The van der Waals surface area contributed by atoms with Crippen molar-refractivity contribution in [3.63, 3.8) is 0 Å². The van der Waals surface area contributed by atoms with Crippen LogP contribution >= 0.6 is 0 Å². The van der Waals surface area contributed by atoms with Gasteiger partial charge < -0.3 is 5.32 Å². The molecule has 5 rings (SSSR count). The summed E-state index contributed by atoms with van der Waals surface area (Å²) in [5.41, 5.74) is 1.13. The first-order valence-electron chi connectivity index (χ1n) is 12.1. The van der Waals surface area contributed by atoms with Crippen molar-refractivity contribution >= 4 is 33.4 Å². The molecule has 0 saturated heterocycles. The van der Waals surface area contributed by atoms with Crippen LogP contribution in [0.25, 0.3) is 0 Å². The molecule has 0 spiro atoms. The van der Waals surface area contributed by atoms with Crippen LogP contribution in [0.4, 0.5) is 5.69 Å². The summed E-state index contributed by atoms with van der Waals surface area (Å²) >= 11 is 0. The number of carbonyl (C=O) groups excluding carboxylic acids is 3. The molecule has 2 aromatic carbocycles. The summed E-state index contributed by atoms with van der Waals surface area (Å²) in [6, 6.07) is 12.5. The highest BCUT2D eigenvalue weighted by Crippen LogP contribution is 2.49. The van der Waals surface area contributed by atoms with Crippen molar-refractivity contribution in [2.24, 2.45) is 17.8 Å². The number of carbonyl (C=O) groups is 3. The molecular weight excluding hydrogens is 466 g/mol. The van der Waals surface area contributed by atoms with Gasteiger partial charge in [0.05, 0.1) is 16.0 Å². The monoisotopic (exact) mass is 495 g/mol. The van der Waals surface area contributed by atoms with Crippen molar-refractivity contribution in [3.8, 4) is 0 Å². The molecule has 0 aromatic heterocycles. The van der Waals surface area contributed by atoms with Crippen LogP contribution in [0.15, 0.2) is 53.4 Å². The van der Waals surface area contributed by atoms with E-state index in [-0.39, 0.29) is 29.8 Å². The smallest absolute Gasteiger partial charge is 0.261 e. The molecule has 2 saturated carbocycles. The summed E-state index contributed by atoms with van der Waals surface area (Å²) in [7, 11) is -3.66. The van der Waals surface area contributed by atoms with E-state index in [0.717, 1.165) is 17.2 Å². The number of nitrogens with zero attached hydrogens (tertiary/aromatic N) is 1. The second-order valence-corrected chi connectivity index (χ2v) is 11.6. The first-order chi connectivity index (χ1) is 16.7. The minimum Gasteiger partial charge on any atom is -0.326 e. The van der Waals surface area contributed by atoms with Crippen molar-refractivity contribution in [2.75, 3.05) is 11.9 Å². The van der Waals surface area contributed by atoms with Gasteiger partial charge in [-0.2, -0.15) is 0 Å². The van der Waals surface area contributed by atoms with Crippen molar-refractivity contribution in [3.05, 3.63) is 59.7 Å². The van der Waals surface area contributed by atoms with Gasteiger partial charge in [0.1, 0.15) is 0 Å². The Bertz CT molecular complexity index is 1240. The molecule has 4 atom stereocenters. The fourth-order valence-electron chi connectivity index (χ4n) is 5.90. The molecule has 0 radical (unpaired) electrons. The zero-order valence-corrected chi connectivity index (χ0v) is 20.4. The van der Waals surface area contributed by atoms with Crippen LogP contribution in [-0.4, -0.2) is 43.6 Å². The maximum Gasteiger partial charge on any atom is 0.261 e. The Labute approximate surface area is 205 Å². The van der Waals surface area contributed by atoms with E-state index in [1.807, 2.05) is 6.92 Å². The van der Waals surface area contributed by atoms with Crippen LogP contribution in [0, 0.1) is 17.8 Å². The molecule has 8 nitrogen and oxygen atoms in total. The van der Waals surface area contributed by atoms with E-state index in [1.54, 1.807) is 24.3 Å². The van der Waals surface area contributed by atoms with Gasteiger partial charge in [-0.1, -0.05) is 18.6 Å². The van der Waals surface area contributed by atoms with Crippen LogP contribution in [0.1, 0.15) is 59.7 Å². The van der Waals surface area contributed by atoms with E-state index in [1.165, 1.54) is 43.5 Å². The summed E-state index contributed by atoms with van der Waals surface area (Å²) in [6.07, 6.45) is 4.72. The average Bonchev–Trinajstić information content (AvgIpc) is 3.53. The van der Waals surface area contributed by atoms with Gasteiger partial charge in [-0.15, -0.1) is 0 Å². The second-order valence-electron chi connectivity index (χ2n) is 9.88. The molecular formula is C26H29N3O5S. The lowest BCUT2D eigenvalue weighted by Gasteiger charge is -2.28. The van der Waals surface area contributed by atoms with Gasteiger partial charge in [-0.3, -0.25) is 19.3 Å². The van der Waals surface area contributed by atoms with Crippen LogP contribution in [0.5, 0.6) is 0 Å². The first kappa shape index (κ1) is 23.7. The third kappa shape index (κ3) is 4.62. The molecule has 1 heterocycles. The molecule has 0 unspecified atom stereocenters. The van der Waals surface area contributed by atoms with E-state index in [9.17, 15) is 22.8 Å². The summed E-state index contributed by atoms with van der Waals surface area (Å²) in [4.78, 5) is 38.5. The first-order valence-corrected chi connectivity index (χ1v) is 13.6. The second kappa shape index (κ2) is 9.20. The molecule has 2 fully saturated rings. The fraction of sp³-hybridized carbons (Fsp3) is 0.423. The van der Waals surface area contributed by atoms with Crippen LogP contribution in [0.2, 0.25) is 0 Å². The number of anilines is 1. The van der Waals surface area contributed by atoms with Crippen molar-refractivity contribution < 1.29 is 22.8 Å². The SMILES string of the molecule is C[C@H](NS(=O)(=O)c1ccc(NC(=O)CCN2C(=O)c3ccccc3C2=O)cc1)[C@@H]1C[C@@H]2CC[C@@H]1C2. The highest BCUT2D eigenvalue weighted by Gasteiger charge is 2.42. The van der Waals surface area contributed by atoms with Crippen molar-refractivity contribution in [1.29, 1.82) is 0 Å². The van der Waals surface area contributed by atoms with E-state index in [0.29, 0.717) is 28.7 Å². The summed E-state index contributed by atoms with van der Waals surface area (Å²) in [5, 5.41) is 2.70. The van der Waals surface area contributed by atoms with Crippen LogP contribution in [0.3, 0.4) is 0 Å². The minimum absolute atomic E-state index is 0.0323. The lowest BCUT2D eigenvalue weighted by Crippen LogP contribution is -2.40. The molecule has 3 amide bonds. The molecule has 2 N–H and O–H groups in total. The average molecular weight is 496 g/mol. The summed E-state index contributed by atoms with van der Waals surface area (Å²) < 4.78 is 28.6. The highest BCUT2D eigenvalue weighted by atomic mass is 32.2. The highest BCUT2D eigenvalue weighted by molar-refractivity contribution is 7.89. The Morgan fingerprint density at radius 1 is 1.00 bits per heavy atom. The van der Waals surface area contributed by atoms with E-state index in [2.05, 4.69) is 10.0 Å². The summed E-state index contributed by atoms with van der Waals surface area (Å²) in [5.74, 6) is 0.581. The zero-order valence-electron chi connectivity index (χ0n) is 19.6. The number of sulfonamides is 1. The topological polar surface area (TPSA) is 113 Å². The van der Waals surface area contributed by atoms with Gasteiger partial charge in [-0.25, -0.2) is 13.1 Å². The van der Waals surface area contributed by atoms with Gasteiger partial charge in [0.15, 0.2) is 0 Å². The lowest BCUT2D eigenvalue weighted by atomic mass is 9.84. The number of hydrogen-bond donors (Lipinski definition) is 2. The maximum atomic E-state index is 12.9. The van der Waals surface area contributed by atoms with Crippen molar-refractivity contribution in [2.45, 2.75) is 50.0 Å². The van der Waals surface area contributed by atoms with Gasteiger partial charge >= 0.3 is 0 Å². The number of rotatable bonds is 8. The zero-order chi connectivity index (χ0) is 24.7. The predicted molar refractivity (Wildman–Crippen MR) is 130 cm³/mol. The van der Waals surface area contributed by atoms with Crippen molar-refractivity contribution in [1.82, 2.24) is 9.62 Å².